The molecule has 0 bridgehead atoms. The van der Waals surface area contributed by atoms with E-state index in [0.717, 1.165) is 56.9 Å². The van der Waals surface area contributed by atoms with Crippen LogP contribution in [0, 0.1) is 34.8 Å². The van der Waals surface area contributed by atoms with Gasteiger partial charge in [0.1, 0.15) is 6.10 Å². The summed E-state index contributed by atoms with van der Waals surface area (Å²) < 4.78 is 32.2. The van der Waals surface area contributed by atoms with Crippen molar-refractivity contribution in [3.63, 3.8) is 0 Å². The van der Waals surface area contributed by atoms with Gasteiger partial charge >= 0.3 is 5.97 Å². The Morgan fingerprint density at radius 3 is 2.37 bits per heavy atom. The van der Waals surface area contributed by atoms with Crippen LogP contribution in [0.1, 0.15) is 62.8 Å². The van der Waals surface area contributed by atoms with Gasteiger partial charge in [-0.1, -0.05) is 12.1 Å². The lowest BCUT2D eigenvalue weighted by Gasteiger charge is -2.31. The smallest absolute Gasteiger partial charge is 0.309 e. The van der Waals surface area contributed by atoms with E-state index in [0.29, 0.717) is 5.92 Å². The van der Waals surface area contributed by atoms with Gasteiger partial charge in [-0.2, -0.15) is 5.26 Å². The van der Waals surface area contributed by atoms with Crippen LogP contribution in [0.15, 0.2) is 30.4 Å². The second-order valence-corrected chi connectivity index (χ2v) is 7.68. The summed E-state index contributed by atoms with van der Waals surface area (Å²) in [6.07, 6.45) is 9.98. The van der Waals surface area contributed by atoms with Gasteiger partial charge in [-0.3, -0.25) is 4.79 Å². The SMILES string of the molecule is N#C/C=C/C1CCC(C(=O)OC2CCC(c3ccc(F)c(F)c3)CC2)CC1. The molecule has 0 atom stereocenters. The average molecular weight is 373 g/mol. The van der Waals surface area contributed by atoms with E-state index in [1.807, 2.05) is 12.1 Å². The molecule has 3 rings (SSSR count). The maximum Gasteiger partial charge on any atom is 0.309 e. The Labute approximate surface area is 159 Å². The molecule has 0 heterocycles. The molecule has 2 aliphatic carbocycles. The minimum Gasteiger partial charge on any atom is -0.462 e. The summed E-state index contributed by atoms with van der Waals surface area (Å²) in [6.45, 7) is 0. The molecule has 0 spiro atoms. The molecule has 5 heteroatoms. The van der Waals surface area contributed by atoms with Crippen LogP contribution in [-0.2, 0) is 9.53 Å². The summed E-state index contributed by atoms with van der Waals surface area (Å²) in [4.78, 5) is 12.4. The molecule has 144 valence electrons. The van der Waals surface area contributed by atoms with Crippen LogP contribution in [0.2, 0.25) is 0 Å². The Morgan fingerprint density at radius 1 is 1.04 bits per heavy atom. The van der Waals surface area contributed by atoms with Gasteiger partial charge in [0.05, 0.1) is 12.0 Å². The molecule has 2 saturated carbocycles. The summed E-state index contributed by atoms with van der Waals surface area (Å²) in [5, 5.41) is 8.59. The molecule has 0 amide bonds. The molecule has 27 heavy (non-hydrogen) atoms. The monoisotopic (exact) mass is 373 g/mol. The number of benzene rings is 1. The summed E-state index contributed by atoms with van der Waals surface area (Å²) in [5.74, 6) is -1.19. The first kappa shape index (κ1) is 19.5. The summed E-state index contributed by atoms with van der Waals surface area (Å²) in [5.41, 5.74) is 0.822. The number of carbonyl (C=O) groups excluding carboxylic acids is 1. The minimum atomic E-state index is -0.820. The number of nitriles is 1. The van der Waals surface area contributed by atoms with Gasteiger partial charge in [-0.25, -0.2) is 8.78 Å². The van der Waals surface area contributed by atoms with Crippen molar-refractivity contribution in [2.75, 3.05) is 0 Å². The lowest BCUT2D eigenvalue weighted by Crippen LogP contribution is -2.29. The molecular weight excluding hydrogens is 348 g/mol. The normalized spacial score (nSPS) is 28.6. The van der Waals surface area contributed by atoms with E-state index in [9.17, 15) is 13.6 Å². The fraction of sp³-hybridized carbons (Fsp3) is 0.545. The quantitative estimate of drug-likeness (QED) is 0.523. The van der Waals surface area contributed by atoms with Crippen LogP contribution in [0.4, 0.5) is 8.78 Å². The van der Waals surface area contributed by atoms with Gasteiger partial charge in [0, 0.05) is 6.08 Å². The number of ether oxygens (including phenoxy) is 1. The number of rotatable bonds is 4. The van der Waals surface area contributed by atoms with Crippen LogP contribution < -0.4 is 0 Å². The molecule has 0 aromatic heterocycles. The van der Waals surface area contributed by atoms with E-state index in [1.54, 1.807) is 6.07 Å². The Hall–Kier alpha value is -2.22. The lowest BCUT2D eigenvalue weighted by atomic mass is 9.81. The highest BCUT2D eigenvalue weighted by atomic mass is 19.2. The highest BCUT2D eigenvalue weighted by Crippen LogP contribution is 2.36. The Kier molecular flexibility index (Phi) is 6.60. The third-order valence-corrected chi connectivity index (χ3v) is 5.92. The van der Waals surface area contributed by atoms with Crippen molar-refractivity contribution in [3.05, 3.63) is 47.5 Å². The van der Waals surface area contributed by atoms with Crippen LogP contribution in [0.25, 0.3) is 0 Å². The first-order chi connectivity index (χ1) is 13.1. The standard InChI is InChI=1S/C22H25F2NO2/c23-20-12-9-18(14-21(20)24)16-7-10-19(11-8-16)27-22(26)17-5-3-15(4-6-17)2-1-13-25/h1-2,9,12,14-17,19H,3-8,10-11H2/b2-1+. The van der Waals surface area contributed by atoms with Gasteiger partial charge < -0.3 is 4.74 Å². The number of halogens is 2. The Balaban J connectivity index is 1.44. The zero-order valence-electron chi connectivity index (χ0n) is 15.4. The molecule has 0 unspecified atom stereocenters. The lowest BCUT2D eigenvalue weighted by molar-refractivity contribution is -0.157. The highest BCUT2D eigenvalue weighted by molar-refractivity contribution is 5.72. The average Bonchev–Trinajstić information content (AvgIpc) is 2.69. The summed E-state index contributed by atoms with van der Waals surface area (Å²) >= 11 is 0. The Bertz CT molecular complexity index is 724. The fourth-order valence-electron chi connectivity index (χ4n) is 4.27. The van der Waals surface area contributed by atoms with Gasteiger partial charge in [0.15, 0.2) is 11.6 Å². The molecule has 2 fully saturated rings. The van der Waals surface area contributed by atoms with Crippen molar-refractivity contribution in [1.82, 2.24) is 0 Å². The van der Waals surface area contributed by atoms with E-state index < -0.39 is 11.6 Å². The van der Waals surface area contributed by atoms with Crippen LogP contribution in [0.3, 0.4) is 0 Å². The predicted molar refractivity (Wildman–Crippen MR) is 97.6 cm³/mol. The molecule has 0 aliphatic heterocycles. The molecule has 0 saturated heterocycles. The number of hydrogen-bond acceptors (Lipinski definition) is 3. The molecular formula is C22H25F2NO2. The van der Waals surface area contributed by atoms with E-state index in [-0.39, 0.29) is 23.9 Å². The molecule has 0 radical (unpaired) electrons. The number of nitrogens with zero attached hydrogens (tertiary/aromatic N) is 1. The molecule has 0 N–H and O–H groups in total. The maximum atomic E-state index is 13.4. The van der Waals surface area contributed by atoms with E-state index in [4.69, 9.17) is 10.00 Å². The summed E-state index contributed by atoms with van der Waals surface area (Å²) in [6, 6.07) is 6.12. The van der Waals surface area contributed by atoms with Crippen molar-refractivity contribution in [1.29, 1.82) is 5.26 Å². The molecule has 1 aromatic carbocycles. The van der Waals surface area contributed by atoms with Crippen molar-refractivity contribution in [3.8, 4) is 6.07 Å². The first-order valence-corrected chi connectivity index (χ1v) is 9.78. The highest BCUT2D eigenvalue weighted by Gasteiger charge is 2.30. The van der Waals surface area contributed by atoms with Gasteiger partial charge in [-0.15, -0.1) is 0 Å². The first-order valence-electron chi connectivity index (χ1n) is 9.78. The van der Waals surface area contributed by atoms with Crippen molar-refractivity contribution < 1.29 is 18.3 Å². The zero-order valence-corrected chi connectivity index (χ0v) is 15.4. The van der Waals surface area contributed by atoms with E-state index >= 15 is 0 Å². The summed E-state index contributed by atoms with van der Waals surface area (Å²) in [7, 11) is 0. The largest absolute Gasteiger partial charge is 0.462 e. The number of carbonyl (C=O) groups is 1. The molecule has 3 nitrogen and oxygen atoms in total. The van der Waals surface area contributed by atoms with Crippen molar-refractivity contribution in [2.24, 2.45) is 11.8 Å². The van der Waals surface area contributed by atoms with Gasteiger partial charge in [0.25, 0.3) is 0 Å². The predicted octanol–water partition coefficient (Wildman–Crippen LogP) is 5.42. The number of esters is 1. The molecule has 2 aliphatic rings. The van der Waals surface area contributed by atoms with Crippen molar-refractivity contribution >= 4 is 5.97 Å². The number of allylic oxidation sites excluding steroid dienone is 2. The minimum absolute atomic E-state index is 0.0411. The zero-order chi connectivity index (χ0) is 19.2. The maximum absolute atomic E-state index is 13.4. The van der Waals surface area contributed by atoms with E-state index in [2.05, 4.69) is 0 Å². The number of hydrogen-bond donors (Lipinski definition) is 0. The third-order valence-electron chi connectivity index (χ3n) is 5.92. The van der Waals surface area contributed by atoms with Crippen LogP contribution >= 0.6 is 0 Å². The van der Waals surface area contributed by atoms with Crippen LogP contribution in [0.5, 0.6) is 0 Å². The third kappa shape index (κ3) is 5.15. The van der Waals surface area contributed by atoms with Gasteiger partial charge in [0.2, 0.25) is 0 Å². The van der Waals surface area contributed by atoms with Gasteiger partial charge in [-0.05, 0) is 80.9 Å². The fourth-order valence-corrected chi connectivity index (χ4v) is 4.27. The second kappa shape index (κ2) is 9.12. The van der Waals surface area contributed by atoms with Crippen molar-refractivity contribution in [2.45, 2.75) is 63.4 Å². The Morgan fingerprint density at radius 2 is 1.74 bits per heavy atom. The second-order valence-electron chi connectivity index (χ2n) is 7.68. The van der Waals surface area contributed by atoms with Crippen LogP contribution in [-0.4, -0.2) is 12.1 Å². The molecule has 1 aromatic rings. The van der Waals surface area contributed by atoms with E-state index in [1.165, 1.54) is 18.2 Å². The topological polar surface area (TPSA) is 50.1 Å².